The summed E-state index contributed by atoms with van der Waals surface area (Å²) in [4.78, 5) is 11.6. The van der Waals surface area contributed by atoms with Gasteiger partial charge in [0.2, 0.25) is 0 Å². The van der Waals surface area contributed by atoms with Crippen molar-refractivity contribution >= 4 is 6.09 Å². The van der Waals surface area contributed by atoms with Crippen LogP contribution in [0.25, 0.3) is 0 Å². The minimum absolute atomic E-state index is 0.222. The Bertz CT molecular complexity index is 260. The van der Waals surface area contributed by atoms with Crippen molar-refractivity contribution < 1.29 is 14.6 Å². The molecule has 0 radical (unpaired) electrons. The van der Waals surface area contributed by atoms with Gasteiger partial charge in [0.1, 0.15) is 5.60 Å². The van der Waals surface area contributed by atoms with Crippen LogP contribution < -0.4 is 5.32 Å². The largest absolute Gasteiger partial charge is 0.444 e. The van der Waals surface area contributed by atoms with Crippen LogP contribution in [-0.2, 0) is 4.74 Å². The molecule has 3 atom stereocenters. The fourth-order valence-corrected chi connectivity index (χ4v) is 2.24. The molecule has 1 aliphatic carbocycles. The van der Waals surface area contributed by atoms with Gasteiger partial charge in [0.25, 0.3) is 0 Å². The number of aliphatic hydroxyl groups is 1. The van der Waals surface area contributed by atoms with Crippen LogP contribution in [0.15, 0.2) is 0 Å². The minimum atomic E-state index is -0.483. The second kappa shape index (κ2) is 4.24. The molecule has 0 aromatic rings. The van der Waals surface area contributed by atoms with Crippen molar-refractivity contribution in [3.63, 3.8) is 0 Å². The molecular formula is C12H23NO3. The molecule has 94 valence electrons. The van der Waals surface area contributed by atoms with Crippen molar-refractivity contribution in [1.82, 2.24) is 5.32 Å². The SMILES string of the molecule is C[C@@H]1C[C@](C)(NC(=O)OC(C)(C)C)C[C@H]1O. The number of carbonyl (C=O) groups is 1. The Kier molecular flexibility index (Phi) is 3.53. The van der Waals surface area contributed by atoms with Crippen LogP contribution in [0.3, 0.4) is 0 Å². The van der Waals surface area contributed by atoms with E-state index in [0.717, 1.165) is 6.42 Å². The molecule has 0 saturated heterocycles. The third-order valence-corrected chi connectivity index (χ3v) is 2.89. The Balaban J connectivity index is 2.52. The molecule has 0 spiro atoms. The molecule has 0 aromatic heterocycles. The molecule has 1 saturated carbocycles. The highest BCUT2D eigenvalue weighted by molar-refractivity contribution is 5.68. The van der Waals surface area contributed by atoms with Crippen molar-refractivity contribution in [1.29, 1.82) is 0 Å². The summed E-state index contributed by atoms with van der Waals surface area (Å²) in [6.45, 7) is 9.44. The molecule has 0 unspecified atom stereocenters. The van der Waals surface area contributed by atoms with E-state index in [1.165, 1.54) is 0 Å². The van der Waals surface area contributed by atoms with Gasteiger partial charge in [0.15, 0.2) is 0 Å². The Morgan fingerprint density at radius 3 is 2.38 bits per heavy atom. The molecule has 0 aliphatic heterocycles. The summed E-state index contributed by atoms with van der Waals surface area (Å²) in [5, 5.41) is 12.5. The van der Waals surface area contributed by atoms with Crippen LogP contribution >= 0.6 is 0 Å². The maximum absolute atomic E-state index is 11.6. The predicted octanol–water partition coefficient (Wildman–Crippen LogP) is 2.06. The zero-order chi connectivity index (χ0) is 12.6. The molecule has 1 rings (SSSR count). The van der Waals surface area contributed by atoms with Gasteiger partial charge in [-0.25, -0.2) is 4.79 Å². The number of rotatable bonds is 1. The second-order valence-electron chi connectivity index (χ2n) is 6.14. The van der Waals surface area contributed by atoms with Crippen molar-refractivity contribution in [3.05, 3.63) is 0 Å². The van der Waals surface area contributed by atoms with Crippen molar-refractivity contribution in [2.45, 2.75) is 64.7 Å². The number of ether oxygens (including phenoxy) is 1. The van der Waals surface area contributed by atoms with Crippen molar-refractivity contribution in [3.8, 4) is 0 Å². The number of hydrogen-bond donors (Lipinski definition) is 2. The van der Waals surface area contributed by atoms with Gasteiger partial charge >= 0.3 is 6.09 Å². The van der Waals surface area contributed by atoms with Crippen LogP contribution in [0, 0.1) is 5.92 Å². The lowest BCUT2D eigenvalue weighted by molar-refractivity contribution is 0.0459. The maximum Gasteiger partial charge on any atom is 0.408 e. The smallest absolute Gasteiger partial charge is 0.408 e. The molecular weight excluding hydrogens is 206 g/mol. The first-order chi connectivity index (χ1) is 7.11. The lowest BCUT2D eigenvalue weighted by atomic mass is 9.99. The standard InChI is InChI=1S/C12H23NO3/c1-8-6-12(5,7-9(8)14)13-10(15)16-11(2,3)4/h8-9,14H,6-7H2,1-5H3,(H,13,15)/t8-,9-,12+/m1/s1. The van der Waals surface area contributed by atoms with Gasteiger partial charge in [-0.05, 0) is 46.5 Å². The minimum Gasteiger partial charge on any atom is -0.444 e. The maximum atomic E-state index is 11.6. The normalized spacial score (nSPS) is 34.9. The number of hydrogen-bond acceptors (Lipinski definition) is 3. The van der Waals surface area contributed by atoms with Crippen LogP contribution in [0.1, 0.15) is 47.5 Å². The Morgan fingerprint density at radius 2 is 2.00 bits per heavy atom. The number of carbonyl (C=O) groups excluding carboxylic acids is 1. The quantitative estimate of drug-likeness (QED) is 0.723. The summed E-state index contributed by atoms with van der Waals surface area (Å²) < 4.78 is 5.20. The molecule has 0 aromatic carbocycles. The molecule has 1 aliphatic rings. The van der Waals surface area contributed by atoms with Gasteiger partial charge in [0.05, 0.1) is 6.10 Å². The molecule has 2 N–H and O–H groups in total. The zero-order valence-electron chi connectivity index (χ0n) is 10.8. The Morgan fingerprint density at radius 1 is 1.44 bits per heavy atom. The van der Waals surface area contributed by atoms with Gasteiger partial charge in [-0.3, -0.25) is 0 Å². The summed E-state index contributed by atoms with van der Waals surface area (Å²) in [6.07, 6.45) is 0.636. The van der Waals surface area contributed by atoms with Gasteiger partial charge < -0.3 is 15.2 Å². The molecule has 16 heavy (non-hydrogen) atoms. The first kappa shape index (κ1) is 13.3. The highest BCUT2D eigenvalue weighted by Gasteiger charge is 2.40. The summed E-state index contributed by atoms with van der Waals surface area (Å²) in [5.74, 6) is 0.222. The van der Waals surface area contributed by atoms with Crippen LogP contribution in [-0.4, -0.2) is 28.4 Å². The van der Waals surface area contributed by atoms with Gasteiger partial charge in [0, 0.05) is 5.54 Å². The van der Waals surface area contributed by atoms with E-state index >= 15 is 0 Å². The topological polar surface area (TPSA) is 58.6 Å². The summed E-state index contributed by atoms with van der Waals surface area (Å²) >= 11 is 0. The number of alkyl carbamates (subject to hydrolysis) is 1. The van der Waals surface area contributed by atoms with Crippen molar-refractivity contribution in [2.24, 2.45) is 5.92 Å². The third kappa shape index (κ3) is 3.67. The monoisotopic (exact) mass is 229 g/mol. The average molecular weight is 229 g/mol. The second-order valence-corrected chi connectivity index (χ2v) is 6.14. The molecule has 4 heteroatoms. The Hall–Kier alpha value is -0.770. The van der Waals surface area contributed by atoms with E-state index in [4.69, 9.17) is 4.74 Å². The molecule has 0 heterocycles. The molecule has 1 fully saturated rings. The van der Waals surface area contributed by atoms with E-state index < -0.39 is 11.7 Å². The van der Waals surface area contributed by atoms with E-state index in [0.29, 0.717) is 6.42 Å². The molecule has 1 amide bonds. The zero-order valence-corrected chi connectivity index (χ0v) is 10.8. The first-order valence-electron chi connectivity index (χ1n) is 5.80. The lowest BCUT2D eigenvalue weighted by Crippen LogP contribution is -2.46. The van der Waals surface area contributed by atoms with Gasteiger partial charge in [-0.1, -0.05) is 6.92 Å². The summed E-state index contributed by atoms with van der Waals surface area (Å²) in [7, 11) is 0. The summed E-state index contributed by atoms with van der Waals surface area (Å²) in [5.41, 5.74) is -0.829. The van der Waals surface area contributed by atoms with Crippen LogP contribution in [0.4, 0.5) is 4.79 Å². The fraction of sp³-hybridized carbons (Fsp3) is 0.917. The predicted molar refractivity (Wildman–Crippen MR) is 62.2 cm³/mol. The molecule has 0 bridgehead atoms. The van der Waals surface area contributed by atoms with E-state index in [-0.39, 0.29) is 17.6 Å². The van der Waals surface area contributed by atoms with E-state index in [1.807, 2.05) is 34.6 Å². The van der Waals surface area contributed by atoms with Crippen molar-refractivity contribution in [2.75, 3.05) is 0 Å². The number of amides is 1. The van der Waals surface area contributed by atoms with Crippen LogP contribution in [0.5, 0.6) is 0 Å². The highest BCUT2D eigenvalue weighted by Crippen LogP contribution is 2.34. The average Bonchev–Trinajstić information content (AvgIpc) is 2.19. The Labute approximate surface area is 97.4 Å². The fourth-order valence-electron chi connectivity index (χ4n) is 2.24. The van der Waals surface area contributed by atoms with E-state index in [1.54, 1.807) is 0 Å². The number of aliphatic hydroxyl groups excluding tert-OH is 1. The highest BCUT2D eigenvalue weighted by atomic mass is 16.6. The summed E-state index contributed by atoms with van der Waals surface area (Å²) in [6, 6.07) is 0. The first-order valence-corrected chi connectivity index (χ1v) is 5.80. The van der Waals surface area contributed by atoms with Gasteiger partial charge in [-0.15, -0.1) is 0 Å². The van der Waals surface area contributed by atoms with E-state index in [2.05, 4.69) is 5.32 Å². The van der Waals surface area contributed by atoms with Crippen LogP contribution in [0.2, 0.25) is 0 Å². The molecule has 4 nitrogen and oxygen atoms in total. The third-order valence-electron chi connectivity index (χ3n) is 2.89. The van der Waals surface area contributed by atoms with Gasteiger partial charge in [-0.2, -0.15) is 0 Å². The van der Waals surface area contributed by atoms with E-state index in [9.17, 15) is 9.90 Å². The number of nitrogens with one attached hydrogen (secondary N) is 1. The lowest BCUT2D eigenvalue weighted by Gasteiger charge is -2.28.